The second kappa shape index (κ2) is 7.46. The van der Waals surface area contributed by atoms with Gasteiger partial charge in [-0.1, -0.05) is 24.3 Å². The van der Waals surface area contributed by atoms with Gasteiger partial charge in [-0.05, 0) is 49.2 Å². The number of anilines is 1. The number of halogens is 1. The van der Waals surface area contributed by atoms with Crippen molar-refractivity contribution in [2.24, 2.45) is 0 Å². The van der Waals surface area contributed by atoms with Crippen molar-refractivity contribution in [1.29, 1.82) is 0 Å². The van der Waals surface area contributed by atoms with Gasteiger partial charge in [-0.2, -0.15) is 0 Å². The van der Waals surface area contributed by atoms with Crippen molar-refractivity contribution in [1.82, 2.24) is 5.32 Å². The minimum Gasteiger partial charge on any atom is -0.482 e. The van der Waals surface area contributed by atoms with E-state index in [0.29, 0.717) is 35.7 Å². The molecular formula is C23H23FN2O3. The molecule has 0 bridgehead atoms. The third-order valence-electron chi connectivity index (χ3n) is 5.14. The van der Waals surface area contributed by atoms with Crippen LogP contribution in [0.4, 0.5) is 10.1 Å². The lowest BCUT2D eigenvalue weighted by atomic mass is 9.91. The van der Waals surface area contributed by atoms with Crippen LogP contribution in [0.3, 0.4) is 0 Å². The number of benzene rings is 2. The quantitative estimate of drug-likeness (QED) is 0.537. The molecule has 0 saturated heterocycles. The molecule has 0 spiro atoms. The van der Waals surface area contributed by atoms with Gasteiger partial charge in [0.05, 0.1) is 12.2 Å². The fourth-order valence-electron chi connectivity index (χ4n) is 3.72. The molecule has 6 heteroatoms. The van der Waals surface area contributed by atoms with E-state index in [1.807, 2.05) is 44.2 Å². The number of hydrogen-bond acceptors (Lipinski definition) is 4. The Hall–Kier alpha value is -2.96. The molecule has 2 aromatic rings. The molecule has 3 N–H and O–H groups in total. The normalized spacial score (nSPS) is 19.6. The molecule has 29 heavy (non-hydrogen) atoms. The summed E-state index contributed by atoms with van der Waals surface area (Å²) in [5, 5.41) is 14.8. The second-order valence-electron chi connectivity index (χ2n) is 7.65. The van der Waals surface area contributed by atoms with Crippen LogP contribution in [-0.4, -0.2) is 29.8 Å². The number of aliphatic hydroxyl groups is 1. The van der Waals surface area contributed by atoms with E-state index in [9.17, 15) is 9.18 Å². The molecule has 0 radical (unpaired) electrons. The van der Waals surface area contributed by atoms with Gasteiger partial charge in [0, 0.05) is 29.9 Å². The molecule has 4 rings (SSSR count). The van der Waals surface area contributed by atoms with Gasteiger partial charge in [0.2, 0.25) is 0 Å². The molecule has 150 valence electrons. The Morgan fingerprint density at radius 1 is 1.17 bits per heavy atom. The fourth-order valence-corrected chi connectivity index (χ4v) is 3.72. The van der Waals surface area contributed by atoms with Gasteiger partial charge in [-0.25, -0.2) is 4.39 Å². The number of fused-ring (bicyclic) bond motifs is 1. The van der Waals surface area contributed by atoms with E-state index >= 15 is 0 Å². The summed E-state index contributed by atoms with van der Waals surface area (Å²) in [5.41, 5.74) is 3.88. The predicted molar refractivity (Wildman–Crippen MR) is 110 cm³/mol. The third-order valence-corrected chi connectivity index (χ3v) is 5.14. The molecule has 1 amide bonds. The molecule has 5 nitrogen and oxygen atoms in total. The van der Waals surface area contributed by atoms with Crippen molar-refractivity contribution >= 4 is 22.7 Å². The van der Waals surface area contributed by atoms with Crippen molar-refractivity contribution in [3.8, 4) is 0 Å². The topological polar surface area (TPSA) is 70.6 Å². The molecule has 2 aromatic carbocycles. The summed E-state index contributed by atoms with van der Waals surface area (Å²) in [5.74, 6) is -0.245. The average Bonchev–Trinajstić information content (AvgIpc) is 3.17. The van der Waals surface area contributed by atoms with Gasteiger partial charge < -0.3 is 20.5 Å². The Kier molecular flexibility index (Phi) is 4.98. The Balaban J connectivity index is 1.69. The number of amides is 1. The molecular weight excluding hydrogens is 371 g/mol. The second-order valence-corrected chi connectivity index (χ2v) is 7.65. The number of carbonyl (C=O) groups is 1. The highest BCUT2D eigenvalue weighted by molar-refractivity contribution is 6.32. The first-order valence-electron chi connectivity index (χ1n) is 9.56. The number of carbonyl (C=O) groups excluding carboxylic acids is 1. The van der Waals surface area contributed by atoms with E-state index in [1.165, 1.54) is 12.1 Å². The first kappa shape index (κ1) is 19.4. The van der Waals surface area contributed by atoms with Crippen molar-refractivity contribution < 1.29 is 19.0 Å². The van der Waals surface area contributed by atoms with Crippen LogP contribution >= 0.6 is 0 Å². The Bertz CT molecular complexity index is 1020. The van der Waals surface area contributed by atoms with Crippen molar-refractivity contribution in [3.05, 3.63) is 76.8 Å². The first-order chi connectivity index (χ1) is 13.9. The standard InChI is InChI=1S/C23H23FN2O3/c1-23(2)18(15-5-3-14(4-6-15)13-25-9-10-27)12-20(29-23)21-17-11-16(24)7-8-19(17)26-22(21)28/h3-8,11-12,25,27H,9-10,13H2,1-2H3,(H,26,28)/b21-20+. The van der Waals surface area contributed by atoms with Gasteiger partial charge in [-0.15, -0.1) is 0 Å². The summed E-state index contributed by atoms with van der Waals surface area (Å²) in [4.78, 5) is 12.5. The van der Waals surface area contributed by atoms with Gasteiger partial charge >= 0.3 is 0 Å². The van der Waals surface area contributed by atoms with Crippen LogP contribution in [0.1, 0.15) is 30.5 Å². The van der Waals surface area contributed by atoms with Crippen LogP contribution in [-0.2, 0) is 16.1 Å². The maximum atomic E-state index is 13.8. The number of aliphatic hydroxyl groups excluding tert-OH is 1. The van der Waals surface area contributed by atoms with E-state index in [0.717, 1.165) is 16.7 Å². The zero-order valence-corrected chi connectivity index (χ0v) is 16.4. The molecule has 0 atom stereocenters. The number of rotatable bonds is 5. The molecule has 0 fully saturated rings. The number of nitrogens with one attached hydrogen (secondary N) is 2. The van der Waals surface area contributed by atoms with E-state index in [4.69, 9.17) is 9.84 Å². The Morgan fingerprint density at radius 2 is 1.93 bits per heavy atom. The zero-order chi connectivity index (χ0) is 20.6. The third kappa shape index (κ3) is 3.69. The predicted octanol–water partition coefficient (Wildman–Crippen LogP) is 3.46. The van der Waals surface area contributed by atoms with Gasteiger partial charge in [0.15, 0.2) is 0 Å². The maximum absolute atomic E-state index is 13.8. The fraction of sp³-hybridized carbons (Fsp3) is 0.261. The monoisotopic (exact) mass is 394 g/mol. The van der Waals surface area contributed by atoms with E-state index in [-0.39, 0.29) is 12.5 Å². The molecule has 2 heterocycles. The minimum atomic E-state index is -0.630. The van der Waals surface area contributed by atoms with Crippen LogP contribution < -0.4 is 10.6 Å². The lowest BCUT2D eigenvalue weighted by Crippen LogP contribution is -2.21. The molecule has 0 saturated carbocycles. The lowest BCUT2D eigenvalue weighted by molar-refractivity contribution is -0.111. The minimum absolute atomic E-state index is 0.106. The summed E-state index contributed by atoms with van der Waals surface area (Å²) in [6.07, 6.45) is 1.87. The molecule has 2 aliphatic heterocycles. The lowest BCUT2D eigenvalue weighted by Gasteiger charge is -2.23. The van der Waals surface area contributed by atoms with Crippen LogP contribution in [0.2, 0.25) is 0 Å². The summed E-state index contributed by atoms with van der Waals surface area (Å²) in [6, 6.07) is 12.3. The van der Waals surface area contributed by atoms with Gasteiger partial charge in [0.25, 0.3) is 5.91 Å². The number of ether oxygens (including phenoxy) is 1. The SMILES string of the molecule is CC1(C)O/C(=C2/C(=O)Nc3ccc(F)cc32)C=C1c1ccc(CNCCO)cc1. The van der Waals surface area contributed by atoms with Crippen LogP contribution in [0.15, 0.2) is 54.3 Å². The number of allylic oxidation sites excluding steroid dienone is 1. The van der Waals surface area contributed by atoms with Crippen LogP contribution in [0, 0.1) is 5.82 Å². The Morgan fingerprint density at radius 3 is 2.66 bits per heavy atom. The largest absolute Gasteiger partial charge is 0.482 e. The van der Waals surface area contributed by atoms with Crippen molar-refractivity contribution in [2.75, 3.05) is 18.5 Å². The van der Waals surface area contributed by atoms with Crippen molar-refractivity contribution in [3.63, 3.8) is 0 Å². The molecule has 2 aliphatic rings. The smallest absolute Gasteiger partial charge is 0.260 e. The highest BCUT2D eigenvalue weighted by Gasteiger charge is 2.38. The molecule has 0 unspecified atom stereocenters. The summed E-state index contributed by atoms with van der Waals surface area (Å²) >= 11 is 0. The van der Waals surface area contributed by atoms with Gasteiger partial charge in [0.1, 0.15) is 17.2 Å². The van der Waals surface area contributed by atoms with E-state index in [2.05, 4.69) is 10.6 Å². The first-order valence-corrected chi connectivity index (χ1v) is 9.56. The highest BCUT2D eigenvalue weighted by atomic mass is 19.1. The molecule has 0 aromatic heterocycles. The van der Waals surface area contributed by atoms with Gasteiger partial charge in [-0.3, -0.25) is 4.79 Å². The zero-order valence-electron chi connectivity index (χ0n) is 16.4. The highest BCUT2D eigenvalue weighted by Crippen LogP contribution is 2.44. The summed E-state index contributed by atoms with van der Waals surface area (Å²) in [6.45, 7) is 5.23. The van der Waals surface area contributed by atoms with Crippen LogP contribution in [0.5, 0.6) is 0 Å². The Labute approximate surface area is 168 Å². The van der Waals surface area contributed by atoms with Crippen LogP contribution in [0.25, 0.3) is 11.1 Å². The van der Waals surface area contributed by atoms with E-state index in [1.54, 1.807) is 6.07 Å². The number of hydrogen-bond donors (Lipinski definition) is 3. The molecule has 0 aliphatic carbocycles. The summed E-state index contributed by atoms with van der Waals surface area (Å²) in [7, 11) is 0. The average molecular weight is 394 g/mol. The van der Waals surface area contributed by atoms with E-state index < -0.39 is 11.4 Å². The maximum Gasteiger partial charge on any atom is 0.260 e. The van der Waals surface area contributed by atoms with Crippen molar-refractivity contribution in [2.45, 2.75) is 26.0 Å². The summed E-state index contributed by atoms with van der Waals surface area (Å²) < 4.78 is 19.9.